The molecule has 2 N–H and O–H groups in total. The maximum Gasteiger partial charge on any atom is 0.0596 e. The zero-order valence-electron chi connectivity index (χ0n) is 12.7. The summed E-state index contributed by atoms with van der Waals surface area (Å²) >= 11 is 0. The van der Waals surface area contributed by atoms with E-state index in [-0.39, 0.29) is 0 Å². The minimum absolute atomic E-state index is 0.321. The Balaban J connectivity index is 2.25. The van der Waals surface area contributed by atoms with Gasteiger partial charge in [-0.1, -0.05) is 19.1 Å². The van der Waals surface area contributed by atoms with Crippen LogP contribution < -0.4 is 5.73 Å². The highest BCUT2D eigenvalue weighted by Crippen LogP contribution is 2.20. The summed E-state index contributed by atoms with van der Waals surface area (Å²) in [5.41, 5.74) is 7.90. The SMILES string of the molecule is CC(C)OCCN(C)CCC(C)c1ccc(N)cc1. The molecule has 0 bridgehead atoms. The van der Waals surface area contributed by atoms with E-state index in [1.54, 1.807) is 0 Å². The molecule has 1 unspecified atom stereocenters. The van der Waals surface area contributed by atoms with Gasteiger partial charge in [0.25, 0.3) is 0 Å². The number of benzene rings is 1. The molecule has 1 aromatic carbocycles. The molecule has 0 radical (unpaired) electrons. The van der Waals surface area contributed by atoms with Gasteiger partial charge in [0.15, 0.2) is 0 Å². The van der Waals surface area contributed by atoms with Crippen molar-refractivity contribution in [3.05, 3.63) is 29.8 Å². The molecule has 1 rings (SSSR count). The van der Waals surface area contributed by atoms with Gasteiger partial charge in [-0.05, 0) is 57.5 Å². The molecule has 0 spiro atoms. The second-order valence-electron chi connectivity index (χ2n) is 5.58. The first-order chi connectivity index (χ1) is 8.99. The van der Waals surface area contributed by atoms with E-state index in [9.17, 15) is 0 Å². The van der Waals surface area contributed by atoms with Crippen molar-refractivity contribution in [3.8, 4) is 0 Å². The third kappa shape index (κ3) is 6.60. The summed E-state index contributed by atoms with van der Waals surface area (Å²) in [5, 5.41) is 0. The van der Waals surface area contributed by atoms with Crippen molar-refractivity contribution in [1.82, 2.24) is 4.90 Å². The fourth-order valence-electron chi connectivity index (χ4n) is 1.96. The van der Waals surface area contributed by atoms with Crippen LogP contribution in [0.5, 0.6) is 0 Å². The number of likely N-dealkylation sites (N-methyl/N-ethyl adjacent to an activating group) is 1. The lowest BCUT2D eigenvalue weighted by Crippen LogP contribution is -2.26. The summed E-state index contributed by atoms with van der Waals surface area (Å²) in [5.74, 6) is 0.564. The largest absolute Gasteiger partial charge is 0.399 e. The first-order valence-electron chi connectivity index (χ1n) is 7.14. The third-order valence-corrected chi connectivity index (χ3v) is 3.37. The summed E-state index contributed by atoms with van der Waals surface area (Å²) in [6.45, 7) is 9.31. The molecule has 1 atom stereocenters. The molecule has 3 heteroatoms. The molecular weight excluding hydrogens is 236 g/mol. The van der Waals surface area contributed by atoms with Crippen molar-refractivity contribution in [2.24, 2.45) is 0 Å². The van der Waals surface area contributed by atoms with Crippen molar-refractivity contribution in [3.63, 3.8) is 0 Å². The Labute approximate surface area is 117 Å². The fraction of sp³-hybridized carbons (Fsp3) is 0.625. The highest BCUT2D eigenvalue weighted by Gasteiger charge is 2.07. The van der Waals surface area contributed by atoms with Crippen LogP contribution in [-0.4, -0.2) is 37.7 Å². The molecular formula is C16H28N2O. The van der Waals surface area contributed by atoms with Gasteiger partial charge < -0.3 is 15.4 Å². The molecule has 0 saturated heterocycles. The standard InChI is InChI=1S/C16H28N2O/c1-13(2)19-12-11-18(4)10-9-14(3)15-5-7-16(17)8-6-15/h5-8,13-14H,9-12,17H2,1-4H3. The van der Waals surface area contributed by atoms with Crippen molar-refractivity contribution in [1.29, 1.82) is 0 Å². The lowest BCUT2D eigenvalue weighted by Gasteiger charge is -2.20. The fourth-order valence-corrected chi connectivity index (χ4v) is 1.96. The summed E-state index contributed by atoms with van der Waals surface area (Å²) in [4.78, 5) is 2.33. The number of nitrogens with zero attached hydrogens (tertiary/aromatic N) is 1. The van der Waals surface area contributed by atoms with Crippen LogP contribution in [0.2, 0.25) is 0 Å². The summed E-state index contributed by atoms with van der Waals surface area (Å²) in [6.07, 6.45) is 1.48. The number of nitrogens with two attached hydrogens (primary N) is 1. The van der Waals surface area contributed by atoms with Crippen LogP contribution in [0.15, 0.2) is 24.3 Å². The Morgan fingerprint density at radius 1 is 1.11 bits per heavy atom. The minimum atomic E-state index is 0.321. The minimum Gasteiger partial charge on any atom is -0.399 e. The van der Waals surface area contributed by atoms with Gasteiger partial charge in [0.05, 0.1) is 12.7 Å². The van der Waals surface area contributed by atoms with Crippen molar-refractivity contribution in [2.45, 2.75) is 39.2 Å². The molecule has 0 aliphatic rings. The van der Waals surface area contributed by atoms with Gasteiger partial charge in [0, 0.05) is 12.2 Å². The second-order valence-corrected chi connectivity index (χ2v) is 5.58. The lowest BCUT2D eigenvalue weighted by atomic mass is 9.97. The van der Waals surface area contributed by atoms with Gasteiger partial charge in [-0.3, -0.25) is 0 Å². The van der Waals surface area contributed by atoms with E-state index in [0.717, 1.165) is 31.8 Å². The number of ether oxygens (including phenoxy) is 1. The van der Waals surface area contributed by atoms with Crippen LogP contribution in [0.1, 0.15) is 38.7 Å². The Hall–Kier alpha value is -1.06. The average molecular weight is 264 g/mol. The van der Waals surface area contributed by atoms with Crippen molar-refractivity contribution >= 4 is 5.69 Å². The van der Waals surface area contributed by atoms with E-state index < -0.39 is 0 Å². The molecule has 0 heterocycles. The highest BCUT2D eigenvalue weighted by molar-refractivity contribution is 5.40. The number of hydrogen-bond acceptors (Lipinski definition) is 3. The maximum atomic E-state index is 5.71. The topological polar surface area (TPSA) is 38.5 Å². The predicted molar refractivity (Wildman–Crippen MR) is 82.5 cm³/mol. The molecule has 0 saturated carbocycles. The number of nitrogen functional groups attached to an aromatic ring is 1. The Bertz CT molecular complexity index is 348. The van der Waals surface area contributed by atoms with Gasteiger partial charge in [-0.15, -0.1) is 0 Å². The van der Waals surface area contributed by atoms with E-state index >= 15 is 0 Å². The number of rotatable bonds is 8. The van der Waals surface area contributed by atoms with Crippen LogP contribution in [0.25, 0.3) is 0 Å². The smallest absolute Gasteiger partial charge is 0.0596 e. The zero-order chi connectivity index (χ0) is 14.3. The highest BCUT2D eigenvalue weighted by atomic mass is 16.5. The molecule has 0 aliphatic heterocycles. The number of hydrogen-bond donors (Lipinski definition) is 1. The number of anilines is 1. The van der Waals surface area contributed by atoms with Gasteiger partial charge in [0.1, 0.15) is 0 Å². The molecule has 3 nitrogen and oxygen atoms in total. The van der Waals surface area contributed by atoms with E-state index in [4.69, 9.17) is 10.5 Å². The first-order valence-corrected chi connectivity index (χ1v) is 7.14. The van der Waals surface area contributed by atoms with Gasteiger partial charge in [-0.2, -0.15) is 0 Å². The van der Waals surface area contributed by atoms with E-state index in [0.29, 0.717) is 12.0 Å². The molecule has 0 amide bonds. The van der Waals surface area contributed by atoms with Crippen LogP contribution in [-0.2, 0) is 4.74 Å². The zero-order valence-corrected chi connectivity index (χ0v) is 12.7. The third-order valence-electron chi connectivity index (χ3n) is 3.37. The monoisotopic (exact) mass is 264 g/mol. The first kappa shape index (κ1) is 16.0. The van der Waals surface area contributed by atoms with E-state index in [1.165, 1.54) is 5.56 Å². The van der Waals surface area contributed by atoms with Gasteiger partial charge in [0.2, 0.25) is 0 Å². The van der Waals surface area contributed by atoms with Gasteiger partial charge in [-0.25, -0.2) is 0 Å². The molecule has 108 valence electrons. The van der Waals surface area contributed by atoms with Crippen LogP contribution in [0.4, 0.5) is 5.69 Å². The summed E-state index contributed by atoms with van der Waals surface area (Å²) < 4.78 is 5.56. The molecule has 0 fully saturated rings. The predicted octanol–water partition coefficient (Wildman–Crippen LogP) is 3.12. The average Bonchev–Trinajstić information content (AvgIpc) is 2.36. The summed E-state index contributed by atoms with van der Waals surface area (Å²) in [7, 11) is 2.15. The van der Waals surface area contributed by atoms with E-state index in [2.05, 4.69) is 44.9 Å². The van der Waals surface area contributed by atoms with Crippen LogP contribution in [0, 0.1) is 0 Å². The molecule has 1 aromatic rings. The Kier molecular flexibility index (Phi) is 6.89. The quantitative estimate of drug-likeness (QED) is 0.733. The van der Waals surface area contributed by atoms with Gasteiger partial charge >= 0.3 is 0 Å². The maximum absolute atomic E-state index is 5.71. The summed E-state index contributed by atoms with van der Waals surface area (Å²) in [6, 6.07) is 8.21. The Morgan fingerprint density at radius 2 is 1.74 bits per heavy atom. The van der Waals surface area contributed by atoms with Crippen molar-refractivity contribution < 1.29 is 4.74 Å². The normalized spacial score (nSPS) is 13.2. The van der Waals surface area contributed by atoms with Crippen molar-refractivity contribution in [2.75, 3.05) is 32.5 Å². The lowest BCUT2D eigenvalue weighted by molar-refractivity contribution is 0.0634. The van der Waals surface area contributed by atoms with Crippen LogP contribution >= 0.6 is 0 Å². The van der Waals surface area contributed by atoms with Crippen LogP contribution in [0.3, 0.4) is 0 Å². The van der Waals surface area contributed by atoms with E-state index in [1.807, 2.05) is 12.1 Å². The molecule has 0 aromatic heterocycles. The molecule has 19 heavy (non-hydrogen) atoms. The molecule has 0 aliphatic carbocycles. The second kappa shape index (κ2) is 8.18. The Morgan fingerprint density at radius 3 is 2.32 bits per heavy atom.